The number of benzene rings is 1. The molecule has 1 unspecified atom stereocenters. The van der Waals surface area contributed by atoms with Crippen molar-refractivity contribution in [2.24, 2.45) is 0 Å². The molecule has 1 aromatic carbocycles. The average molecular weight is 351 g/mol. The Morgan fingerprint density at radius 1 is 1.23 bits per heavy atom. The second-order valence-corrected chi connectivity index (χ2v) is 6.74. The summed E-state index contributed by atoms with van der Waals surface area (Å²) in [6.07, 6.45) is 6.86. The van der Waals surface area contributed by atoms with Gasteiger partial charge in [0.05, 0.1) is 35.8 Å². The molecule has 0 spiro atoms. The Hall–Kier alpha value is -2.96. The van der Waals surface area contributed by atoms with E-state index >= 15 is 0 Å². The van der Waals surface area contributed by atoms with Crippen molar-refractivity contribution in [3.8, 4) is 5.69 Å². The highest BCUT2D eigenvalue weighted by molar-refractivity contribution is 5.98. The van der Waals surface area contributed by atoms with Gasteiger partial charge in [0.25, 0.3) is 5.91 Å². The van der Waals surface area contributed by atoms with Gasteiger partial charge in [-0.2, -0.15) is 15.0 Å². The molecule has 4 rings (SSSR count). The Balaban J connectivity index is 1.62. The summed E-state index contributed by atoms with van der Waals surface area (Å²) in [7, 11) is 0. The highest BCUT2D eigenvalue weighted by Gasteiger charge is 2.29. The van der Waals surface area contributed by atoms with Gasteiger partial charge in [0, 0.05) is 13.1 Å². The summed E-state index contributed by atoms with van der Waals surface area (Å²) >= 11 is 0. The Kier molecular flexibility index (Phi) is 4.28. The van der Waals surface area contributed by atoms with Crippen LogP contribution in [0, 0.1) is 13.8 Å². The predicted octanol–water partition coefficient (Wildman–Crippen LogP) is 2.89. The molecular weight excluding hydrogens is 330 g/mol. The van der Waals surface area contributed by atoms with Crippen LogP contribution < -0.4 is 0 Å². The van der Waals surface area contributed by atoms with Crippen LogP contribution in [0.4, 0.5) is 0 Å². The zero-order valence-corrected chi connectivity index (χ0v) is 14.9. The van der Waals surface area contributed by atoms with E-state index in [2.05, 4.69) is 15.2 Å². The largest absolute Gasteiger partial charge is 0.446 e. The number of oxazole rings is 1. The molecule has 1 fully saturated rings. The maximum absolute atomic E-state index is 13.3. The molecule has 1 aliphatic heterocycles. The first-order chi connectivity index (χ1) is 12.6. The molecule has 3 aromatic rings. The van der Waals surface area contributed by atoms with Crippen molar-refractivity contribution in [1.29, 1.82) is 0 Å². The summed E-state index contributed by atoms with van der Waals surface area (Å²) in [6.45, 7) is 5.21. The van der Waals surface area contributed by atoms with Crippen molar-refractivity contribution in [2.75, 3.05) is 13.1 Å². The standard InChI is InChI=1S/C19H21N5O2/c1-13-5-6-17(24-21-7-8-22-24)16(10-13)19(25)23-9-3-4-15(12-23)18-20-11-14(2)26-18/h5-8,10-11,15H,3-4,9,12H2,1-2H3. The molecule has 7 nitrogen and oxygen atoms in total. The highest BCUT2D eigenvalue weighted by atomic mass is 16.4. The number of carbonyl (C=O) groups is 1. The minimum absolute atomic E-state index is 0.00558. The molecular formula is C19H21N5O2. The number of hydrogen-bond acceptors (Lipinski definition) is 5. The number of aryl methyl sites for hydroxylation is 2. The number of rotatable bonds is 3. The van der Waals surface area contributed by atoms with Crippen LogP contribution in [0.5, 0.6) is 0 Å². The number of amides is 1. The van der Waals surface area contributed by atoms with Gasteiger partial charge in [0.1, 0.15) is 5.76 Å². The van der Waals surface area contributed by atoms with E-state index in [0.29, 0.717) is 17.8 Å². The summed E-state index contributed by atoms with van der Waals surface area (Å²) in [5.74, 6) is 1.65. The van der Waals surface area contributed by atoms with Crippen LogP contribution in [-0.2, 0) is 0 Å². The number of hydrogen-bond donors (Lipinski definition) is 0. The number of carbonyl (C=O) groups excluding carboxylic acids is 1. The summed E-state index contributed by atoms with van der Waals surface area (Å²) in [5.41, 5.74) is 2.34. The SMILES string of the molecule is Cc1ccc(-n2nccn2)c(C(=O)N2CCCC(c3ncc(C)o3)C2)c1. The quantitative estimate of drug-likeness (QED) is 0.725. The second kappa shape index (κ2) is 6.74. The van der Waals surface area contributed by atoms with Crippen molar-refractivity contribution < 1.29 is 9.21 Å². The number of likely N-dealkylation sites (tertiary alicyclic amines) is 1. The van der Waals surface area contributed by atoms with Gasteiger partial charge >= 0.3 is 0 Å². The fourth-order valence-corrected chi connectivity index (χ4v) is 3.43. The van der Waals surface area contributed by atoms with Crippen LogP contribution >= 0.6 is 0 Å². The second-order valence-electron chi connectivity index (χ2n) is 6.74. The fraction of sp³-hybridized carbons (Fsp3) is 0.368. The Morgan fingerprint density at radius 2 is 2.04 bits per heavy atom. The van der Waals surface area contributed by atoms with E-state index in [1.165, 1.54) is 4.80 Å². The first-order valence-corrected chi connectivity index (χ1v) is 8.81. The van der Waals surface area contributed by atoms with Crippen LogP contribution in [-0.4, -0.2) is 43.9 Å². The molecule has 0 saturated carbocycles. The third-order valence-corrected chi connectivity index (χ3v) is 4.71. The smallest absolute Gasteiger partial charge is 0.256 e. The van der Waals surface area contributed by atoms with E-state index in [0.717, 1.165) is 36.6 Å². The van der Waals surface area contributed by atoms with Crippen molar-refractivity contribution in [3.63, 3.8) is 0 Å². The third-order valence-electron chi connectivity index (χ3n) is 4.71. The molecule has 0 N–H and O–H groups in total. The summed E-state index contributed by atoms with van der Waals surface area (Å²) < 4.78 is 5.69. The number of aromatic nitrogens is 4. The van der Waals surface area contributed by atoms with E-state index < -0.39 is 0 Å². The van der Waals surface area contributed by atoms with Crippen LogP contribution in [0.3, 0.4) is 0 Å². The lowest BCUT2D eigenvalue weighted by atomic mass is 9.97. The van der Waals surface area contributed by atoms with Crippen molar-refractivity contribution >= 4 is 5.91 Å². The molecule has 26 heavy (non-hydrogen) atoms. The lowest BCUT2D eigenvalue weighted by molar-refractivity contribution is 0.0697. The normalized spacial score (nSPS) is 17.5. The molecule has 1 amide bonds. The van der Waals surface area contributed by atoms with Gasteiger partial charge in [0.15, 0.2) is 5.89 Å². The summed E-state index contributed by atoms with van der Waals surface area (Å²) in [4.78, 5) is 21.0. The van der Waals surface area contributed by atoms with Gasteiger partial charge in [-0.05, 0) is 38.8 Å². The number of piperidine rings is 1. The Morgan fingerprint density at radius 3 is 2.77 bits per heavy atom. The first kappa shape index (κ1) is 16.5. The third kappa shape index (κ3) is 3.12. The van der Waals surface area contributed by atoms with Crippen LogP contribution in [0.15, 0.2) is 41.2 Å². The van der Waals surface area contributed by atoms with Crippen molar-refractivity contribution in [1.82, 2.24) is 24.9 Å². The predicted molar refractivity (Wildman–Crippen MR) is 95.2 cm³/mol. The minimum atomic E-state index is -0.00558. The highest BCUT2D eigenvalue weighted by Crippen LogP contribution is 2.28. The fourth-order valence-electron chi connectivity index (χ4n) is 3.43. The van der Waals surface area contributed by atoms with Gasteiger partial charge in [0.2, 0.25) is 0 Å². The lowest BCUT2D eigenvalue weighted by Crippen LogP contribution is -2.39. The van der Waals surface area contributed by atoms with Crippen molar-refractivity contribution in [3.05, 3.63) is 59.6 Å². The Labute approximate surface area is 151 Å². The summed E-state index contributed by atoms with van der Waals surface area (Å²) in [5, 5.41) is 8.36. The zero-order valence-electron chi connectivity index (χ0n) is 14.9. The molecule has 7 heteroatoms. The molecule has 1 atom stereocenters. The van der Waals surface area contributed by atoms with Crippen LogP contribution in [0.1, 0.15) is 46.3 Å². The van der Waals surface area contributed by atoms with Gasteiger partial charge in [-0.25, -0.2) is 4.98 Å². The van der Waals surface area contributed by atoms with Gasteiger partial charge in [-0.15, -0.1) is 0 Å². The van der Waals surface area contributed by atoms with E-state index in [4.69, 9.17) is 4.42 Å². The monoisotopic (exact) mass is 351 g/mol. The molecule has 0 bridgehead atoms. The van der Waals surface area contributed by atoms with E-state index in [-0.39, 0.29) is 11.8 Å². The van der Waals surface area contributed by atoms with Gasteiger partial charge < -0.3 is 9.32 Å². The maximum Gasteiger partial charge on any atom is 0.256 e. The Bertz CT molecular complexity index is 916. The molecule has 3 heterocycles. The molecule has 1 saturated heterocycles. The van der Waals surface area contributed by atoms with Gasteiger partial charge in [-0.3, -0.25) is 4.79 Å². The van der Waals surface area contributed by atoms with E-state index in [1.807, 2.05) is 36.9 Å². The van der Waals surface area contributed by atoms with E-state index in [9.17, 15) is 4.79 Å². The first-order valence-electron chi connectivity index (χ1n) is 8.81. The maximum atomic E-state index is 13.3. The molecule has 1 aliphatic rings. The lowest BCUT2D eigenvalue weighted by Gasteiger charge is -2.31. The molecule has 0 aliphatic carbocycles. The average Bonchev–Trinajstić information content (AvgIpc) is 3.33. The van der Waals surface area contributed by atoms with Crippen LogP contribution in [0.2, 0.25) is 0 Å². The van der Waals surface area contributed by atoms with Gasteiger partial charge in [-0.1, -0.05) is 11.6 Å². The number of nitrogens with zero attached hydrogens (tertiary/aromatic N) is 5. The zero-order chi connectivity index (χ0) is 18.1. The topological polar surface area (TPSA) is 77.1 Å². The summed E-state index contributed by atoms with van der Waals surface area (Å²) in [6, 6.07) is 5.76. The van der Waals surface area contributed by atoms with Crippen LogP contribution in [0.25, 0.3) is 5.69 Å². The minimum Gasteiger partial charge on any atom is -0.446 e. The molecule has 2 aromatic heterocycles. The molecule has 134 valence electrons. The molecule has 0 radical (unpaired) electrons. The van der Waals surface area contributed by atoms with Crippen molar-refractivity contribution in [2.45, 2.75) is 32.6 Å². The van der Waals surface area contributed by atoms with E-state index in [1.54, 1.807) is 18.6 Å².